The summed E-state index contributed by atoms with van der Waals surface area (Å²) < 4.78 is 69.3. The highest BCUT2D eigenvalue weighted by Gasteiger charge is 2.24. The Morgan fingerprint density at radius 1 is 0.439 bits per heavy atom. The van der Waals surface area contributed by atoms with E-state index in [-0.39, 0.29) is 9.79 Å². The topological polar surface area (TPSA) is 112 Å². The van der Waals surface area contributed by atoms with Crippen molar-refractivity contribution in [3.05, 3.63) is 127 Å². The molecule has 0 aliphatic heterocycles. The molecular weight excluding hydrogens is 558 g/mol. The molecule has 0 aliphatic carbocycles. The van der Waals surface area contributed by atoms with Gasteiger partial charge in [-0.15, -0.1) is 0 Å². The Kier molecular flexibility index (Phi) is 6.59. The summed E-state index contributed by atoms with van der Waals surface area (Å²) in [6, 6.07) is 37.2. The van der Waals surface area contributed by atoms with E-state index in [1.807, 2.05) is 71.6 Å². The minimum absolute atomic E-state index is 0.236. The molecule has 0 bridgehead atoms. The van der Waals surface area contributed by atoms with E-state index >= 15 is 0 Å². The van der Waals surface area contributed by atoms with Gasteiger partial charge in [0.2, 0.25) is 0 Å². The van der Waals surface area contributed by atoms with Crippen LogP contribution in [0.2, 0.25) is 0 Å². The first-order chi connectivity index (χ1) is 19.6. The molecule has 0 heterocycles. The van der Waals surface area contributed by atoms with E-state index in [1.165, 1.54) is 12.1 Å². The first kappa shape index (κ1) is 26.7. The fourth-order valence-corrected chi connectivity index (χ4v) is 6.73. The molecule has 9 heteroatoms. The Hall–Kier alpha value is -4.54. The number of rotatable bonds is 6. The molecule has 0 radical (unpaired) electrons. The third kappa shape index (κ3) is 4.85. The molecule has 0 amide bonds. The maximum atomic E-state index is 12.4. The maximum Gasteiger partial charge on any atom is 0.295 e. The number of hydrogen-bond acceptors (Lipinski definition) is 5. The second kappa shape index (κ2) is 10.1. The molecule has 0 saturated carbocycles. The zero-order valence-electron chi connectivity index (χ0n) is 21.4. The minimum atomic E-state index is -4.56. The summed E-state index contributed by atoms with van der Waals surface area (Å²) >= 11 is 0. The lowest BCUT2D eigenvalue weighted by Crippen LogP contribution is -2.11. The van der Waals surface area contributed by atoms with Crippen LogP contribution in [-0.2, 0) is 20.2 Å². The van der Waals surface area contributed by atoms with Crippen molar-refractivity contribution in [1.29, 1.82) is 0 Å². The van der Waals surface area contributed by atoms with Gasteiger partial charge in [-0.05, 0) is 58.8 Å². The molecule has 0 spiro atoms. The van der Waals surface area contributed by atoms with Crippen LogP contribution in [0.5, 0.6) is 0 Å². The highest BCUT2D eigenvalue weighted by Crippen LogP contribution is 2.47. The van der Waals surface area contributed by atoms with Crippen molar-refractivity contribution >= 4 is 58.8 Å². The summed E-state index contributed by atoms with van der Waals surface area (Å²) in [5, 5.41) is 1.68. The number of anilines is 3. The van der Waals surface area contributed by atoms with Gasteiger partial charge < -0.3 is 4.90 Å². The largest absolute Gasteiger partial charge is 0.310 e. The van der Waals surface area contributed by atoms with Gasteiger partial charge in [-0.3, -0.25) is 9.11 Å². The number of benzene rings is 6. The molecule has 0 aliphatic rings. The SMILES string of the molecule is O=S(=O)(O)c1cccc2c(-c3c(N(c4ccccc4)c4ccccc4)ccc4c(S(=O)(=O)O)cccc34)cccc12. The van der Waals surface area contributed by atoms with Crippen LogP contribution in [0, 0.1) is 0 Å². The van der Waals surface area contributed by atoms with Crippen LogP contribution in [0.15, 0.2) is 137 Å². The smallest absolute Gasteiger partial charge is 0.295 e. The lowest BCUT2D eigenvalue weighted by Gasteiger charge is -2.29. The molecular formula is C32H23NO6S2. The van der Waals surface area contributed by atoms with Crippen molar-refractivity contribution < 1.29 is 25.9 Å². The normalized spacial score (nSPS) is 12.0. The van der Waals surface area contributed by atoms with Crippen molar-refractivity contribution in [2.45, 2.75) is 9.79 Å². The van der Waals surface area contributed by atoms with E-state index in [4.69, 9.17) is 0 Å². The van der Waals surface area contributed by atoms with Crippen LogP contribution in [0.4, 0.5) is 17.1 Å². The fraction of sp³-hybridized carbons (Fsp3) is 0. The summed E-state index contributed by atoms with van der Waals surface area (Å²) in [4.78, 5) is 1.55. The standard InChI is InChI=1S/C32H23NO6S2/c34-40(35,36)30-18-8-14-24-25(30)15-7-16-27(24)32-28-17-9-19-31(41(37,38)39)26(28)20-21-29(32)33(22-10-3-1-4-11-22)23-12-5-2-6-13-23/h1-21H,(H,34,35,36)(H,37,38,39). The second-order valence-electron chi connectivity index (χ2n) is 9.42. The molecule has 204 valence electrons. The van der Waals surface area contributed by atoms with Gasteiger partial charge in [0.15, 0.2) is 0 Å². The third-order valence-corrected chi connectivity index (χ3v) is 8.80. The van der Waals surface area contributed by atoms with Crippen LogP contribution in [0.3, 0.4) is 0 Å². The predicted molar refractivity (Wildman–Crippen MR) is 161 cm³/mol. The molecule has 0 aromatic heterocycles. The lowest BCUT2D eigenvalue weighted by atomic mass is 9.91. The molecule has 0 fully saturated rings. The fourth-order valence-electron chi connectivity index (χ4n) is 5.32. The minimum Gasteiger partial charge on any atom is -0.310 e. The van der Waals surface area contributed by atoms with Gasteiger partial charge in [-0.25, -0.2) is 0 Å². The van der Waals surface area contributed by atoms with Crippen molar-refractivity contribution in [3.63, 3.8) is 0 Å². The van der Waals surface area contributed by atoms with Gasteiger partial charge in [0.05, 0.1) is 5.69 Å². The Morgan fingerprint density at radius 3 is 1.44 bits per heavy atom. The quantitative estimate of drug-likeness (QED) is 0.195. The van der Waals surface area contributed by atoms with Crippen LogP contribution >= 0.6 is 0 Å². The van der Waals surface area contributed by atoms with Gasteiger partial charge in [0.1, 0.15) is 9.79 Å². The highest BCUT2D eigenvalue weighted by molar-refractivity contribution is 7.86. The highest BCUT2D eigenvalue weighted by atomic mass is 32.2. The summed E-state index contributed by atoms with van der Waals surface area (Å²) in [6.07, 6.45) is 0. The van der Waals surface area contributed by atoms with Gasteiger partial charge in [0, 0.05) is 27.7 Å². The van der Waals surface area contributed by atoms with Crippen LogP contribution in [0.25, 0.3) is 32.7 Å². The van der Waals surface area contributed by atoms with E-state index in [1.54, 1.807) is 48.5 Å². The van der Waals surface area contributed by atoms with E-state index in [9.17, 15) is 25.9 Å². The van der Waals surface area contributed by atoms with Gasteiger partial charge in [-0.2, -0.15) is 16.8 Å². The molecule has 7 nitrogen and oxygen atoms in total. The first-order valence-electron chi connectivity index (χ1n) is 12.6. The second-order valence-corrected chi connectivity index (χ2v) is 12.2. The zero-order valence-corrected chi connectivity index (χ0v) is 23.0. The Balaban J connectivity index is 1.80. The molecule has 6 aromatic carbocycles. The Labute approximate surface area is 237 Å². The predicted octanol–water partition coefficient (Wildman–Crippen LogP) is 7.62. The third-order valence-electron chi connectivity index (χ3n) is 6.98. The van der Waals surface area contributed by atoms with Crippen LogP contribution in [-0.4, -0.2) is 25.9 Å². The Morgan fingerprint density at radius 2 is 0.902 bits per heavy atom. The maximum absolute atomic E-state index is 12.4. The van der Waals surface area contributed by atoms with Crippen molar-refractivity contribution in [2.75, 3.05) is 4.90 Å². The van der Waals surface area contributed by atoms with E-state index < -0.39 is 20.2 Å². The van der Waals surface area contributed by atoms with Crippen LogP contribution in [0.1, 0.15) is 0 Å². The zero-order chi connectivity index (χ0) is 28.8. The van der Waals surface area contributed by atoms with Gasteiger partial charge in [-0.1, -0.05) is 84.9 Å². The van der Waals surface area contributed by atoms with E-state index in [2.05, 4.69) is 0 Å². The number of hydrogen-bond donors (Lipinski definition) is 2. The molecule has 0 saturated heterocycles. The van der Waals surface area contributed by atoms with Crippen LogP contribution < -0.4 is 4.90 Å². The number of fused-ring (bicyclic) bond motifs is 2. The summed E-state index contributed by atoms with van der Waals surface area (Å²) in [5.41, 5.74) is 3.58. The summed E-state index contributed by atoms with van der Waals surface area (Å²) in [5.74, 6) is 0. The van der Waals surface area contributed by atoms with E-state index in [0.717, 1.165) is 11.4 Å². The monoisotopic (exact) mass is 581 g/mol. The van der Waals surface area contributed by atoms with Crippen molar-refractivity contribution in [1.82, 2.24) is 0 Å². The molecule has 0 atom stereocenters. The lowest BCUT2D eigenvalue weighted by molar-refractivity contribution is 0.482. The average Bonchev–Trinajstić information content (AvgIpc) is 2.96. The molecule has 41 heavy (non-hydrogen) atoms. The summed E-state index contributed by atoms with van der Waals surface area (Å²) in [7, 11) is -9.09. The molecule has 2 N–H and O–H groups in total. The van der Waals surface area contributed by atoms with Gasteiger partial charge >= 0.3 is 0 Å². The first-order valence-corrected chi connectivity index (χ1v) is 15.5. The molecule has 0 unspecified atom stereocenters. The number of para-hydroxylation sites is 2. The molecule has 6 aromatic rings. The molecule has 6 rings (SSSR count). The van der Waals surface area contributed by atoms with E-state index in [0.29, 0.717) is 38.4 Å². The summed E-state index contributed by atoms with van der Waals surface area (Å²) in [6.45, 7) is 0. The number of nitrogens with zero attached hydrogens (tertiary/aromatic N) is 1. The van der Waals surface area contributed by atoms with Crippen molar-refractivity contribution in [2.24, 2.45) is 0 Å². The van der Waals surface area contributed by atoms with Gasteiger partial charge in [0.25, 0.3) is 20.2 Å². The average molecular weight is 582 g/mol. The van der Waals surface area contributed by atoms with Crippen molar-refractivity contribution in [3.8, 4) is 11.1 Å². The Bertz CT molecular complexity index is 2110.